The largest absolute Gasteiger partial charge is 0.370 e. The van der Waals surface area contributed by atoms with Crippen molar-refractivity contribution in [3.63, 3.8) is 0 Å². The van der Waals surface area contributed by atoms with Gasteiger partial charge in [0, 0.05) is 23.7 Å². The summed E-state index contributed by atoms with van der Waals surface area (Å²) in [6.07, 6.45) is 6.18. The lowest BCUT2D eigenvalue weighted by Crippen LogP contribution is -2.29. The molecule has 0 atom stereocenters. The first-order chi connectivity index (χ1) is 14.2. The van der Waals surface area contributed by atoms with Gasteiger partial charge in [-0.1, -0.05) is 43.6 Å². The third kappa shape index (κ3) is 5.71. The number of nitrogens with zero attached hydrogens (tertiary/aromatic N) is 1. The molecule has 1 fully saturated rings. The minimum Gasteiger partial charge on any atom is -0.370 e. The fourth-order valence-corrected chi connectivity index (χ4v) is 5.67. The van der Waals surface area contributed by atoms with E-state index in [1.165, 1.54) is 46.5 Å². The Balaban J connectivity index is 0.00000117. The summed E-state index contributed by atoms with van der Waals surface area (Å²) >= 11 is 8.53. The number of fused-ring (bicyclic) bond motifs is 1. The lowest BCUT2D eigenvalue weighted by Gasteiger charge is -2.30. The summed E-state index contributed by atoms with van der Waals surface area (Å²) in [7, 11) is 0. The van der Waals surface area contributed by atoms with Gasteiger partial charge in [-0.3, -0.25) is 0 Å². The molecule has 0 saturated carbocycles. The number of benzene rings is 2. The smallest absolute Gasteiger partial charge is 0.0639 e. The van der Waals surface area contributed by atoms with Gasteiger partial charge in [-0.2, -0.15) is 0 Å². The monoisotopic (exact) mass is 430 g/mol. The fraction of sp³-hybridized carbons (Fsp3) is 0.520. The lowest BCUT2D eigenvalue weighted by atomic mass is 10.0. The molecule has 2 aromatic rings. The average Bonchev–Trinajstić information content (AvgIpc) is 3.02. The maximum Gasteiger partial charge on any atom is 0.0639 e. The third-order valence-electron chi connectivity index (χ3n) is 5.77. The summed E-state index contributed by atoms with van der Waals surface area (Å²) in [5.74, 6) is 1.00. The Kier molecular flexibility index (Phi) is 8.77. The van der Waals surface area contributed by atoms with Crippen LogP contribution in [-0.2, 0) is 18.6 Å². The molecule has 0 aromatic heterocycles. The third-order valence-corrected chi connectivity index (χ3v) is 7.42. The fourth-order valence-electron chi connectivity index (χ4n) is 4.24. The van der Waals surface area contributed by atoms with Gasteiger partial charge in [-0.05, 0) is 86.5 Å². The lowest BCUT2D eigenvalue weighted by molar-refractivity contribution is 0.578. The number of hydrogen-bond donors (Lipinski definition) is 1. The average molecular weight is 431 g/mol. The van der Waals surface area contributed by atoms with Gasteiger partial charge in [-0.15, -0.1) is 11.8 Å². The van der Waals surface area contributed by atoms with Gasteiger partial charge in [0.15, 0.2) is 0 Å². The summed E-state index contributed by atoms with van der Waals surface area (Å²) in [6, 6.07) is 11.2. The minimum atomic E-state index is 0.890. The van der Waals surface area contributed by atoms with Gasteiger partial charge >= 0.3 is 0 Å². The van der Waals surface area contributed by atoms with Crippen LogP contribution in [0.4, 0.5) is 5.69 Å². The van der Waals surface area contributed by atoms with Gasteiger partial charge in [0.1, 0.15) is 0 Å². The van der Waals surface area contributed by atoms with Crippen molar-refractivity contribution in [1.29, 1.82) is 0 Å². The highest BCUT2D eigenvalue weighted by atomic mass is 35.5. The molecule has 29 heavy (non-hydrogen) atoms. The highest BCUT2D eigenvalue weighted by molar-refractivity contribution is 7.98. The van der Waals surface area contributed by atoms with Crippen LogP contribution in [0, 0.1) is 6.92 Å². The van der Waals surface area contributed by atoms with Gasteiger partial charge in [0.05, 0.1) is 10.7 Å². The molecule has 4 rings (SSSR count). The zero-order valence-corrected chi connectivity index (χ0v) is 19.8. The zero-order chi connectivity index (χ0) is 20.6. The highest BCUT2D eigenvalue weighted by Gasteiger charge is 2.16. The Hall–Kier alpha value is -1.16. The molecule has 1 N–H and O–H groups in total. The SMILES string of the molecule is CC.Cc1ccc2c(c1SCc1ccc(Cl)c(N3CCCCC3)c1)CCNCC2. The molecule has 0 unspecified atom stereocenters. The number of hydrogen-bond acceptors (Lipinski definition) is 3. The van der Waals surface area contributed by atoms with Crippen LogP contribution < -0.4 is 10.2 Å². The van der Waals surface area contributed by atoms with Crippen LogP contribution in [0.2, 0.25) is 5.02 Å². The molecule has 0 radical (unpaired) electrons. The first kappa shape index (κ1) is 22.5. The molecule has 1 saturated heterocycles. The first-order valence-corrected chi connectivity index (χ1v) is 12.6. The molecule has 2 heterocycles. The normalized spacial score (nSPS) is 16.5. The number of anilines is 1. The molecule has 0 spiro atoms. The maximum atomic E-state index is 6.53. The molecule has 0 aliphatic carbocycles. The quantitative estimate of drug-likeness (QED) is 0.547. The molecule has 0 bridgehead atoms. The van der Waals surface area contributed by atoms with Gasteiger partial charge in [0.2, 0.25) is 0 Å². The van der Waals surface area contributed by atoms with Crippen molar-refractivity contribution in [2.24, 2.45) is 0 Å². The van der Waals surface area contributed by atoms with E-state index in [2.05, 4.69) is 47.5 Å². The number of halogens is 1. The van der Waals surface area contributed by atoms with E-state index in [0.717, 1.165) is 49.8 Å². The summed E-state index contributed by atoms with van der Waals surface area (Å²) in [6.45, 7) is 10.7. The number of piperidine rings is 1. The van der Waals surface area contributed by atoms with E-state index in [-0.39, 0.29) is 0 Å². The van der Waals surface area contributed by atoms with Crippen LogP contribution in [0.25, 0.3) is 0 Å². The van der Waals surface area contributed by atoms with Crippen molar-refractivity contribution in [3.8, 4) is 0 Å². The van der Waals surface area contributed by atoms with E-state index < -0.39 is 0 Å². The summed E-state index contributed by atoms with van der Waals surface area (Å²) in [5, 5.41) is 4.43. The van der Waals surface area contributed by atoms with Crippen LogP contribution in [-0.4, -0.2) is 26.2 Å². The predicted molar refractivity (Wildman–Crippen MR) is 130 cm³/mol. The second-order valence-corrected chi connectivity index (χ2v) is 9.11. The number of rotatable bonds is 4. The number of thioether (sulfide) groups is 1. The van der Waals surface area contributed by atoms with Crippen molar-refractivity contribution < 1.29 is 0 Å². The van der Waals surface area contributed by atoms with Crippen molar-refractivity contribution in [3.05, 3.63) is 57.6 Å². The van der Waals surface area contributed by atoms with Gasteiger partial charge in [0.25, 0.3) is 0 Å². The standard InChI is InChI=1S/C23H29ClN2S.C2H6/c1-17-5-7-19-9-11-25-12-10-20(19)23(17)27-16-18-6-8-21(24)22(15-18)26-13-3-2-4-14-26;1-2/h5-8,15,25H,2-4,9-14,16H2,1H3;1-2H3. The summed E-state index contributed by atoms with van der Waals surface area (Å²) in [5.41, 5.74) is 7.09. The number of aryl methyl sites for hydroxylation is 1. The maximum absolute atomic E-state index is 6.53. The molecular weight excluding hydrogens is 396 g/mol. The van der Waals surface area contributed by atoms with Crippen molar-refractivity contribution in [2.75, 3.05) is 31.1 Å². The van der Waals surface area contributed by atoms with Crippen LogP contribution >= 0.6 is 23.4 Å². The molecule has 2 aliphatic rings. The van der Waals surface area contributed by atoms with E-state index in [4.69, 9.17) is 11.6 Å². The summed E-state index contributed by atoms with van der Waals surface area (Å²) < 4.78 is 0. The van der Waals surface area contributed by atoms with Crippen LogP contribution in [0.3, 0.4) is 0 Å². The molecule has 2 aromatic carbocycles. The molecule has 2 nitrogen and oxygen atoms in total. The van der Waals surface area contributed by atoms with E-state index in [1.54, 1.807) is 5.56 Å². The van der Waals surface area contributed by atoms with E-state index >= 15 is 0 Å². The molecule has 4 heteroatoms. The highest BCUT2D eigenvalue weighted by Crippen LogP contribution is 2.35. The van der Waals surface area contributed by atoms with Gasteiger partial charge < -0.3 is 10.2 Å². The van der Waals surface area contributed by atoms with Crippen molar-refractivity contribution in [2.45, 2.75) is 63.5 Å². The topological polar surface area (TPSA) is 15.3 Å². The van der Waals surface area contributed by atoms with E-state index in [1.807, 2.05) is 25.6 Å². The van der Waals surface area contributed by atoms with Crippen LogP contribution in [0.1, 0.15) is 55.4 Å². The first-order valence-electron chi connectivity index (χ1n) is 11.2. The molecular formula is C25H35ClN2S. The Morgan fingerprint density at radius 1 is 1.00 bits per heavy atom. The van der Waals surface area contributed by atoms with Crippen LogP contribution in [0.15, 0.2) is 35.2 Å². The molecule has 158 valence electrons. The van der Waals surface area contributed by atoms with Crippen LogP contribution in [0.5, 0.6) is 0 Å². The Labute approximate surface area is 186 Å². The minimum absolute atomic E-state index is 0.890. The van der Waals surface area contributed by atoms with Gasteiger partial charge in [-0.25, -0.2) is 0 Å². The van der Waals surface area contributed by atoms with Crippen molar-refractivity contribution in [1.82, 2.24) is 5.32 Å². The second kappa shape index (κ2) is 11.3. The Morgan fingerprint density at radius 2 is 1.76 bits per heavy atom. The number of nitrogens with one attached hydrogen (secondary N) is 1. The van der Waals surface area contributed by atoms with Crippen molar-refractivity contribution >= 4 is 29.1 Å². The zero-order valence-electron chi connectivity index (χ0n) is 18.2. The van der Waals surface area contributed by atoms with E-state index in [9.17, 15) is 0 Å². The predicted octanol–water partition coefficient (Wildman–Crippen LogP) is 6.65. The Morgan fingerprint density at radius 3 is 2.55 bits per heavy atom. The second-order valence-electron chi connectivity index (χ2n) is 7.72. The molecule has 2 aliphatic heterocycles. The Bertz CT molecular complexity index is 800. The van der Waals surface area contributed by atoms with E-state index in [0.29, 0.717) is 0 Å². The molecule has 0 amide bonds. The summed E-state index contributed by atoms with van der Waals surface area (Å²) in [4.78, 5) is 3.96.